The van der Waals surface area contributed by atoms with E-state index in [9.17, 15) is 24.9 Å². The Balaban J connectivity index is 1.97. The van der Waals surface area contributed by atoms with E-state index in [0.717, 1.165) is 4.90 Å². The maximum atomic E-state index is 12.5. The quantitative estimate of drug-likeness (QED) is 0.594. The predicted molar refractivity (Wildman–Crippen MR) is 75.5 cm³/mol. The van der Waals surface area contributed by atoms with Crippen LogP contribution in [0.2, 0.25) is 0 Å². The van der Waals surface area contributed by atoms with Crippen molar-refractivity contribution < 1.29 is 34.4 Å². The lowest BCUT2D eigenvalue weighted by Crippen LogP contribution is -2.65. The summed E-state index contributed by atoms with van der Waals surface area (Å²) in [5.41, 5.74) is 0.441. The molecule has 3 N–H and O–H groups in total. The maximum absolute atomic E-state index is 12.5. The monoisotopic (exact) mass is 323 g/mol. The van der Waals surface area contributed by atoms with Crippen molar-refractivity contribution in [3.05, 3.63) is 35.4 Å². The Hall–Kier alpha value is -1.84. The van der Waals surface area contributed by atoms with Crippen molar-refractivity contribution in [3.63, 3.8) is 0 Å². The van der Waals surface area contributed by atoms with Crippen molar-refractivity contribution in [1.29, 1.82) is 0 Å². The van der Waals surface area contributed by atoms with Crippen LogP contribution in [-0.2, 0) is 9.47 Å². The Bertz CT molecular complexity index is 597. The number of nitrogens with zero attached hydrogens (tertiary/aromatic N) is 1. The number of fused-ring (bicyclic) bond motifs is 1. The second-order valence-corrected chi connectivity index (χ2v) is 5.46. The first-order chi connectivity index (χ1) is 11.0. The summed E-state index contributed by atoms with van der Waals surface area (Å²) in [4.78, 5) is 25.9. The number of hydrogen-bond acceptors (Lipinski definition) is 7. The number of amides is 2. The summed E-state index contributed by atoms with van der Waals surface area (Å²) in [6.45, 7) is -0.535. The molecule has 1 saturated heterocycles. The fourth-order valence-electron chi connectivity index (χ4n) is 3.02. The summed E-state index contributed by atoms with van der Waals surface area (Å²) in [6, 6.07) is 5.07. The standard InChI is InChI=1S/C15H17NO7/c1-22-15-10(12(19)11(18)9(6-17)23-15)16-13(20)7-4-2-3-5-8(7)14(16)21/h2-5,9-12,15,17-19H,6H2,1H3/t9?,10-,11+,12+,15?/m0/s1. The first-order valence-corrected chi connectivity index (χ1v) is 7.13. The second kappa shape index (κ2) is 5.99. The van der Waals surface area contributed by atoms with Crippen molar-refractivity contribution in [2.24, 2.45) is 0 Å². The van der Waals surface area contributed by atoms with Gasteiger partial charge in [-0.05, 0) is 12.1 Å². The molecule has 2 heterocycles. The number of benzene rings is 1. The number of carbonyl (C=O) groups excluding carboxylic acids is 2. The molecule has 5 atom stereocenters. The molecule has 0 bridgehead atoms. The van der Waals surface area contributed by atoms with E-state index in [0.29, 0.717) is 0 Å². The fourth-order valence-corrected chi connectivity index (χ4v) is 3.02. The van der Waals surface area contributed by atoms with E-state index in [-0.39, 0.29) is 11.1 Å². The topological polar surface area (TPSA) is 117 Å². The van der Waals surface area contributed by atoms with Gasteiger partial charge in [0.1, 0.15) is 24.4 Å². The summed E-state index contributed by atoms with van der Waals surface area (Å²) in [5.74, 6) is -1.18. The molecule has 1 fully saturated rings. The Labute approximate surface area is 131 Å². The minimum Gasteiger partial charge on any atom is -0.394 e. The van der Waals surface area contributed by atoms with Gasteiger partial charge in [-0.3, -0.25) is 14.5 Å². The van der Waals surface area contributed by atoms with Crippen LogP contribution in [0.4, 0.5) is 0 Å². The number of aliphatic hydroxyl groups is 3. The first-order valence-electron chi connectivity index (χ1n) is 7.13. The Morgan fingerprint density at radius 2 is 1.70 bits per heavy atom. The molecule has 0 saturated carbocycles. The van der Waals surface area contributed by atoms with Gasteiger partial charge in [-0.15, -0.1) is 0 Å². The van der Waals surface area contributed by atoms with Gasteiger partial charge in [0.25, 0.3) is 11.8 Å². The highest BCUT2D eigenvalue weighted by molar-refractivity contribution is 6.21. The Kier molecular flexibility index (Phi) is 4.17. The molecule has 1 aromatic carbocycles. The Morgan fingerprint density at radius 1 is 1.13 bits per heavy atom. The smallest absolute Gasteiger partial charge is 0.262 e. The number of aliphatic hydroxyl groups excluding tert-OH is 3. The third-order valence-corrected chi connectivity index (χ3v) is 4.20. The van der Waals surface area contributed by atoms with E-state index in [1.165, 1.54) is 19.2 Å². The number of hydrogen-bond donors (Lipinski definition) is 3. The zero-order valence-corrected chi connectivity index (χ0v) is 12.3. The molecule has 2 aliphatic rings. The predicted octanol–water partition coefficient (Wildman–Crippen LogP) is -1.26. The molecule has 2 aliphatic heterocycles. The van der Waals surface area contributed by atoms with Gasteiger partial charge in [0.15, 0.2) is 6.29 Å². The summed E-state index contributed by atoms with van der Waals surface area (Å²) in [5, 5.41) is 29.6. The summed E-state index contributed by atoms with van der Waals surface area (Å²) < 4.78 is 10.5. The molecule has 23 heavy (non-hydrogen) atoms. The average Bonchev–Trinajstić information content (AvgIpc) is 2.82. The average molecular weight is 323 g/mol. The van der Waals surface area contributed by atoms with Crippen LogP contribution in [0.25, 0.3) is 0 Å². The molecular weight excluding hydrogens is 306 g/mol. The number of carbonyl (C=O) groups is 2. The SMILES string of the molecule is COC1OC(CO)[C@@H](O)[C@H](O)[C@@H]1N1C(=O)c2ccccc2C1=O. The van der Waals surface area contributed by atoms with E-state index in [1.54, 1.807) is 12.1 Å². The highest BCUT2D eigenvalue weighted by Gasteiger charge is 2.52. The van der Waals surface area contributed by atoms with Gasteiger partial charge < -0.3 is 24.8 Å². The number of rotatable bonds is 3. The molecule has 124 valence electrons. The van der Waals surface area contributed by atoms with Gasteiger partial charge in [0.2, 0.25) is 0 Å². The van der Waals surface area contributed by atoms with Crippen LogP contribution in [0.3, 0.4) is 0 Å². The van der Waals surface area contributed by atoms with Crippen molar-refractivity contribution >= 4 is 11.8 Å². The molecule has 0 spiro atoms. The van der Waals surface area contributed by atoms with Gasteiger partial charge >= 0.3 is 0 Å². The van der Waals surface area contributed by atoms with Crippen LogP contribution in [-0.4, -0.2) is 76.4 Å². The normalized spacial score (nSPS) is 33.9. The van der Waals surface area contributed by atoms with Crippen LogP contribution in [0.5, 0.6) is 0 Å². The van der Waals surface area contributed by atoms with Gasteiger partial charge in [0.05, 0.1) is 17.7 Å². The second-order valence-electron chi connectivity index (χ2n) is 5.46. The molecular formula is C15H17NO7. The van der Waals surface area contributed by atoms with Crippen molar-refractivity contribution in [1.82, 2.24) is 4.90 Å². The van der Waals surface area contributed by atoms with Gasteiger partial charge in [0, 0.05) is 7.11 Å². The molecule has 0 aromatic heterocycles. The van der Waals surface area contributed by atoms with Gasteiger partial charge in [-0.2, -0.15) is 0 Å². The van der Waals surface area contributed by atoms with Gasteiger partial charge in [-0.1, -0.05) is 12.1 Å². The van der Waals surface area contributed by atoms with Crippen LogP contribution >= 0.6 is 0 Å². The molecule has 1 aromatic rings. The lowest BCUT2D eigenvalue weighted by Gasteiger charge is -2.44. The maximum Gasteiger partial charge on any atom is 0.262 e. The lowest BCUT2D eigenvalue weighted by molar-refractivity contribution is -0.272. The summed E-state index contributed by atoms with van der Waals surface area (Å²) in [6.07, 6.45) is -5.19. The minimum absolute atomic E-state index is 0.221. The Morgan fingerprint density at radius 3 is 2.17 bits per heavy atom. The minimum atomic E-state index is -1.51. The van der Waals surface area contributed by atoms with Crippen molar-refractivity contribution in [2.45, 2.75) is 30.6 Å². The summed E-state index contributed by atoms with van der Waals surface area (Å²) in [7, 11) is 1.29. The number of methoxy groups -OCH3 is 1. The molecule has 2 amide bonds. The zero-order chi connectivity index (χ0) is 16.7. The fraction of sp³-hybridized carbons (Fsp3) is 0.467. The third-order valence-electron chi connectivity index (χ3n) is 4.20. The number of imide groups is 1. The van der Waals surface area contributed by atoms with Crippen molar-refractivity contribution in [2.75, 3.05) is 13.7 Å². The van der Waals surface area contributed by atoms with Crippen LogP contribution in [0.1, 0.15) is 20.7 Å². The highest BCUT2D eigenvalue weighted by atomic mass is 16.7. The molecule has 2 unspecified atom stereocenters. The van der Waals surface area contributed by atoms with Gasteiger partial charge in [-0.25, -0.2) is 0 Å². The third kappa shape index (κ3) is 2.35. The number of ether oxygens (including phenoxy) is 2. The highest BCUT2D eigenvalue weighted by Crippen LogP contribution is 2.32. The van der Waals surface area contributed by atoms with Crippen LogP contribution in [0, 0.1) is 0 Å². The van der Waals surface area contributed by atoms with Crippen LogP contribution < -0.4 is 0 Å². The van der Waals surface area contributed by atoms with E-state index in [4.69, 9.17) is 9.47 Å². The molecule has 0 aliphatic carbocycles. The van der Waals surface area contributed by atoms with E-state index >= 15 is 0 Å². The largest absolute Gasteiger partial charge is 0.394 e. The molecule has 8 heteroatoms. The van der Waals surface area contributed by atoms with E-state index < -0.39 is 49.1 Å². The van der Waals surface area contributed by atoms with Crippen molar-refractivity contribution in [3.8, 4) is 0 Å². The zero-order valence-electron chi connectivity index (χ0n) is 12.3. The first kappa shape index (κ1) is 16.0. The molecule has 3 rings (SSSR count). The summed E-state index contributed by atoms with van der Waals surface area (Å²) >= 11 is 0. The van der Waals surface area contributed by atoms with E-state index in [1.807, 2.05) is 0 Å². The molecule has 0 radical (unpaired) electrons. The van der Waals surface area contributed by atoms with E-state index in [2.05, 4.69) is 0 Å². The lowest BCUT2D eigenvalue weighted by atomic mass is 9.95. The molecule has 8 nitrogen and oxygen atoms in total. The van der Waals surface area contributed by atoms with Crippen LogP contribution in [0.15, 0.2) is 24.3 Å².